The third kappa shape index (κ3) is 6.13. The smallest absolute Gasteiger partial charge is 0.387 e. The van der Waals surface area contributed by atoms with Gasteiger partial charge in [0.05, 0.1) is 6.54 Å². The molecular formula is C27H25ClF3N5O4. The molecule has 4 aromatic rings. The fourth-order valence-electron chi connectivity index (χ4n) is 4.72. The number of benzene rings is 1. The van der Waals surface area contributed by atoms with E-state index in [4.69, 9.17) is 16.3 Å². The summed E-state index contributed by atoms with van der Waals surface area (Å²) in [4.78, 5) is 26.8. The van der Waals surface area contributed by atoms with Gasteiger partial charge < -0.3 is 19.1 Å². The molecule has 0 amide bonds. The Morgan fingerprint density at radius 3 is 2.62 bits per heavy atom. The largest absolute Gasteiger partial charge is 0.477 e. The molecule has 1 N–H and O–H groups in total. The summed E-state index contributed by atoms with van der Waals surface area (Å²) in [5.41, 5.74) is 1.09. The van der Waals surface area contributed by atoms with Crippen LogP contribution in [0.2, 0.25) is 5.02 Å². The van der Waals surface area contributed by atoms with E-state index in [0.717, 1.165) is 37.7 Å². The predicted molar refractivity (Wildman–Crippen MR) is 139 cm³/mol. The van der Waals surface area contributed by atoms with Gasteiger partial charge in [0.25, 0.3) is 0 Å². The molecule has 0 unspecified atom stereocenters. The highest BCUT2D eigenvalue weighted by Gasteiger charge is 2.25. The minimum atomic E-state index is -3.13. The highest BCUT2D eigenvalue weighted by molar-refractivity contribution is 6.30. The van der Waals surface area contributed by atoms with Crippen LogP contribution in [-0.4, -0.2) is 55.2 Å². The number of fused-ring (bicyclic) bond motifs is 1. The van der Waals surface area contributed by atoms with Gasteiger partial charge in [-0.1, -0.05) is 23.7 Å². The number of carboxylic acids is 1. The van der Waals surface area contributed by atoms with Crippen molar-refractivity contribution in [1.29, 1.82) is 0 Å². The van der Waals surface area contributed by atoms with Crippen molar-refractivity contribution in [3.05, 3.63) is 76.1 Å². The molecule has 0 spiro atoms. The van der Waals surface area contributed by atoms with Crippen LogP contribution in [0, 0.1) is 5.82 Å². The van der Waals surface area contributed by atoms with Crippen molar-refractivity contribution < 1.29 is 32.5 Å². The van der Waals surface area contributed by atoms with Crippen molar-refractivity contribution in [3.8, 4) is 11.6 Å². The summed E-state index contributed by atoms with van der Waals surface area (Å²) >= 11 is 5.81. The number of alkyl halides is 2. The summed E-state index contributed by atoms with van der Waals surface area (Å²) in [5.74, 6) is -0.976. The van der Waals surface area contributed by atoms with Crippen LogP contribution in [0.15, 0.2) is 42.5 Å². The predicted octanol–water partition coefficient (Wildman–Crippen LogP) is 5.41. The van der Waals surface area contributed by atoms with Crippen LogP contribution in [0.25, 0.3) is 11.2 Å². The molecule has 1 aliphatic rings. The Hall–Kier alpha value is -3.90. The van der Waals surface area contributed by atoms with Crippen LogP contribution in [-0.2, 0) is 20.2 Å². The fourth-order valence-corrected chi connectivity index (χ4v) is 4.88. The fraction of sp³-hybridized carbons (Fsp3) is 0.333. The molecule has 3 aromatic heterocycles. The van der Waals surface area contributed by atoms with E-state index in [1.54, 1.807) is 29.8 Å². The Kier molecular flexibility index (Phi) is 8.08. The van der Waals surface area contributed by atoms with Gasteiger partial charge in [0.1, 0.15) is 18.2 Å². The lowest BCUT2D eigenvalue weighted by atomic mass is 9.93. The van der Waals surface area contributed by atoms with Crippen LogP contribution in [0.4, 0.5) is 13.2 Å². The van der Waals surface area contributed by atoms with Crippen molar-refractivity contribution >= 4 is 28.7 Å². The second-order valence-electron chi connectivity index (χ2n) is 9.42. The summed E-state index contributed by atoms with van der Waals surface area (Å²) in [5, 5.41) is 9.64. The van der Waals surface area contributed by atoms with Gasteiger partial charge in [-0.05, 0) is 44.1 Å². The van der Waals surface area contributed by atoms with E-state index in [-0.39, 0.29) is 29.4 Å². The molecule has 1 aliphatic heterocycles. The molecule has 13 heteroatoms. The van der Waals surface area contributed by atoms with E-state index in [1.807, 2.05) is 12.1 Å². The average molecular weight is 576 g/mol. The maximum Gasteiger partial charge on any atom is 0.387 e. The number of halogens is 4. The van der Waals surface area contributed by atoms with E-state index >= 15 is 0 Å². The molecule has 40 heavy (non-hydrogen) atoms. The third-order valence-corrected chi connectivity index (χ3v) is 7.06. The monoisotopic (exact) mass is 575 g/mol. The van der Waals surface area contributed by atoms with Crippen molar-refractivity contribution in [2.24, 2.45) is 7.05 Å². The van der Waals surface area contributed by atoms with Crippen LogP contribution < -0.4 is 9.47 Å². The van der Waals surface area contributed by atoms with E-state index in [2.05, 4.69) is 24.6 Å². The molecule has 1 fully saturated rings. The van der Waals surface area contributed by atoms with Crippen molar-refractivity contribution in [2.75, 3.05) is 13.1 Å². The number of aromatic nitrogens is 4. The topological polar surface area (TPSA) is 103 Å². The number of aryl methyl sites for hydroxylation is 1. The first kappa shape index (κ1) is 27.7. The number of ether oxygens (including phenoxy) is 2. The lowest BCUT2D eigenvalue weighted by Gasteiger charge is -2.31. The number of nitrogens with zero attached hydrogens (tertiary/aromatic N) is 5. The summed E-state index contributed by atoms with van der Waals surface area (Å²) in [6.07, 6.45) is 1.63. The Balaban J connectivity index is 1.24. The number of hydrogen-bond acceptors (Lipinski definition) is 7. The van der Waals surface area contributed by atoms with Gasteiger partial charge in [0, 0.05) is 41.4 Å². The second kappa shape index (κ2) is 11.7. The number of rotatable bonds is 9. The molecule has 0 radical (unpaired) electrons. The van der Waals surface area contributed by atoms with E-state index in [1.165, 1.54) is 6.07 Å². The minimum absolute atomic E-state index is 0.0306. The average Bonchev–Trinajstić information content (AvgIpc) is 3.23. The summed E-state index contributed by atoms with van der Waals surface area (Å²) in [6.45, 7) is -1.23. The summed E-state index contributed by atoms with van der Waals surface area (Å²) in [7, 11) is 1.66. The second-order valence-corrected chi connectivity index (χ2v) is 9.86. The van der Waals surface area contributed by atoms with Crippen LogP contribution >= 0.6 is 11.6 Å². The first-order valence-corrected chi connectivity index (χ1v) is 12.9. The first-order valence-electron chi connectivity index (χ1n) is 12.5. The molecule has 0 bridgehead atoms. The van der Waals surface area contributed by atoms with Crippen molar-refractivity contribution in [3.63, 3.8) is 0 Å². The number of likely N-dealkylation sites (tertiary alicyclic amines) is 1. The first-order chi connectivity index (χ1) is 19.2. The van der Waals surface area contributed by atoms with E-state index in [9.17, 15) is 23.1 Å². The standard InChI is InChI=1S/C27H25ClF3N5O4/c1-35-22(34-24-21(40-27(30)31)12-20(26(37)38)33-25(24)35)13-36-9-7-15(8-10-36)19-3-2-4-23(32-19)39-14-16-5-6-17(28)11-18(16)29/h2-6,11-12,15,27H,7-10,13-14H2,1H3,(H,37,38). The Morgan fingerprint density at radius 2 is 1.93 bits per heavy atom. The molecule has 0 saturated carbocycles. The van der Waals surface area contributed by atoms with Crippen LogP contribution in [0.5, 0.6) is 11.6 Å². The number of pyridine rings is 2. The number of carboxylic acid groups (broad SMARTS) is 1. The Bertz CT molecular complexity index is 1540. The normalized spacial score (nSPS) is 14.7. The highest BCUT2D eigenvalue weighted by atomic mass is 35.5. The number of hydrogen-bond donors (Lipinski definition) is 1. The number of imidazole rings is 1. The maximum absolute atomic E-state index is 14.1. The van der Waals surface area contributed by atoms with Gasteiger partial charge in [-0.2, -0.15) is 8.78 Å². The molecule has 1 aromatic carbocycles. The lowest BCUT2D eigenvalue weighted by Crippen LogP contribution is -2.33. The molecule has 0 atom stereocenters. The number of piperidine rings is 1. The van der Waals surface area contributed by atoms with Gasteiger partial charge in [0.2, 0.25) is 5.88 Å². The van der Waals surface area contributed by atoms with Gasteiger partial charge >= 0.3 is 12.6 Å². The zero-order valence-corrected chi connectivity index (χ0v) is 22.1. The minimum Gasteiger partial charge on any atom is -0.477 e. The number of carbonyl (C=O) groups is 1. The molecular weight excluding hydrogens is 551 g/mol. The van der Waals surface area contributed by atoms with Crippen molar-refractivity contribution in [2.45, 2.75) is 38.5 Å². The van der Waals surface area contributed by atoms with Gasteiger partial charge in [-0.3, -0.25) is 4.90 Å². The maximum atomic E-state index is 14.1. The Labute approximate surface area is 232 Å². The molecule has 9 nitrogen and oxygen atoms in total. The van der Waals surface area contributed by atoms with Crippen LogP contribution in [0.3, 0.4) is 0 Å². The zero-order chi connectivity index (χ0) is 28.4. The summed E-state index contributed by atoms with van der Waals surface area (Å²) < 4.78 is 51.8. The van der Waals surface area contributed by atoms with Gasteiger partial charge in [0.15, 0.2) is 22.6 Å². The molecule has 4 heterocycles. The molecule has 0 aliphatic carbocycles. The van der Waals surface area contributed by atoms with E-state index in [0.29, 0.717) is 28.8 Å². The van der Waals surface area contributed by atoms with E-state index < -0.39 is 24.1 Å². The van der Waals surface area contributed by atoms with Gasteiger partial charge in [-0.15, -0.1) is 0 Å². The highest BCUT2D eigenvalue weighted by Crippen LogP contribution is 2.31. The van der Waals surface area contributed by atoms with Gasteiger partial charge in [-0.25, -0.2) is 24.1 Å². The Morgan fingerprint density at radius 1 is 1.15 bits per heavy atom. The molecule has 210 valence electrons. The summed E-state index contributed by atoms with van der Waals surface area (Å²) in [6, 6.07) is 10.9. The zero-order valence-electron chi connectivity index (χ0n) is 21.4. The number of aromatic carboxylic acids is 1. The van der Waals surface area contributed by atoms with Crippen LogP contribution in [0.1, 0.15) is 46.3 Å². The quantitative estimate of drug-likeness (QED) is 0.282. The SMILES string of the molecule is Cn1c(CN2CCC(c3cccc(OCc4ccc(Cl)cc4F)n3)CC2)nc2c(OC(F)F)cc(C(=O)O)nc21. The van der Waals surface area contributed by atoms with Crippen molar-refractivity contribution in [1.82, 2.24) is 24.4 Å². The lowest BCUT2D eigenvalue weighted by molar-refractivity contribution is -0.0490. The molecule has 1 saturated heterocycles. The molecule has 5 rings (SSSR count). The third-order valence-electron chi connectivity index (χ3n) is 6.83.